The van der Waals surface area contributed by atoms with Gasteiger partial charge in [-0.2, -0.15) is 0 Å². The minimum Gasteiger partial charge on any atom is -0.490 e. The van der Waals surface area contributed by atoms with E-state index in [0.717, 1.165) is 63.6 Å². The maximum absolute atomic E-state index is 14.1. The molecule has 8 rings (SSSR count). The molecule has 3 heterocycles. The number of aromatic nitrogens is 1. The molecule has 9 heteroatoms. The van der Waals surface area contributed by atoms with Gasteiger partial charge in [0.05, 0.1) is 12.1 Å². The number of carbonyl (C=O) groups is 2. The Bertz CT molecular complexity index is 2240. The zero-order chi connectivity index (χ0) is 40.9. The predicted molar refractivity (Wildman–Crippen MR) is 231 cm³/mol. The summed E-state index contributed by atoms with van der Waals surface area (Å²) in [6.45, 7) is 9.42. The van der Waals surface area contributed by atoms with Crippen LogP contribution in [0.4, 0.5) is 4.79 Å². The molecule has 0 saturated heterocycles. The molecule has 2 unspecified atom stereocenters. The molecule has 0 radical (unpaired) electrons. The highest BCUT2D eigenvalue weighted by atomic mass is 16.6. The second kappa shape index (κ2) is 18.0. The van der Waals surface area contributed by atoms with Crippen molar-refractivity contribution in [3.05, 3.63) is 142 Å². The average molecular weight is 793 g/mol. The monoisotopic (exact) mass is 792 g/mol. The predicted octanol–water partition coefficient (Wildman–Crippen LogP) is 9.78. The summed E-state index contributed by atoms with van der Waals surface area (Å²) >= 11 is 0. The van der Waals surface area contributed by atoms with Crippen molar-refractivity contribution in [3.63, 3.8) is 0 Å². The number of nitrogens with one attached hydrogen (secondary N) is 2. The van der Waals surface area contributed by atoms with Crippen molar-refractivity contribution in [1.82, 2.24) is 20.5 Å². The van der Waals surface area contributed by atoms with Crippen LogP contribution in [-0.2, 0) is 24.2 Å². The molecule has 3 amide bonds. The number of benzene rings is 4. The molecule has 0 spiro atoms. The molecule has 9 nitrogen and oxygen atoms in total. The molecular weight excluding hydrogens is 737 g/mol. The number of nitrogens with zero attached hydrogens (tertiary/aromatic N) is 2. The molecular formula is C50H56N4O5. The van der Waals surface area contributed by atoms with E-state index >= 15 is 0 Å². The van der Waals surface area contributed by atoms with Gasteiger partial charge in [0.1, 0.15) is 18.4 Å². The number of hydrogen-bond acceptors (Lipinski definition) is 6. The number of hydrogen-bond donors (Lipinski definition) is 2. The Labute approximate surface area is 348 Å². The lowest BCUT2D eigenvalue weighted by Gasteiger charge is -2.37. The highest BCUT2D eigenvalue weighted by Gasteiger charge is 2.37. The normalized spacial score (nSPS) is 20.2. The van der Waals surface area contributed by atoms with Gasteiger partial charge in [0, 0.05) is 31.4 Å². The van der Waals surface area contributed by atoms with Gasteiger partial charge in [-0.1, -0.05) is 80.1 Å². The third-order valence-electron chi connectivity index (χ3n) is 12.6. The van der Waals surface area contributed by atoms with Crippen molar-refractivity contribution in [1.29, 1.82) is 0 Å². The highest BCUT2D eigenvalue weighted by molar-refractivity contribution is 5.88. The van der Waals surface area contributed by atoms with Crippen LogP contribution in [0.15, 0.2) is 103 Å². The Morgan fingerprint density at radius 3 is 2.39 bits per heavy atom. The van der Waals surface area contributed by atoms with Crippen molar-refractivity contribution in [2.75, 3.05) is 13.2 Å². The van der Waals surface area contributed by atoms with Crippen LogP contribution in [-0.4, -0.2) is 47.1 Å². The van der Waals surface area contributed by atoms with Gasteiger partial charge in [-0.3, -0.25) is 9.78 Å². The summed E-state index contributed by atoms with van der Waals surface area (Å²) in [5, 5.41) is 6.30. The summed E-state index contributed by atoms with van der Waals surface area (Å²) in [5.74, 6) is 2.82. The van der Waals surface area contributed by atoms with Crippen LogP contribution in [0, 0.1) is 19.8 Å². The van der Waals surface area contributed by atoms with E-state index in [1.165, 1.54) is 30.4 Å². The molecule has 1 aromatic heterocycles. The molecule has 2 N–H and O–H groups in total. The number of rotatable bonds is 11. The Hall–Kier alpha value is -5.83. The molecule has 1 aliphatic carbocycles. The first-order valence-corrected chi connectivity index (χ1v) is 21.4. The molecule has 1 fully saturated rings. The molecule has 1 saturated carbocycles. The number of fused-ring (bicyclic) bond motifs is 2. The van der Waals surface area contributed by atoms with Crippen molar-refractivity contribution in [2.24, 2.45) is 5.92 Å². The minimum atomic E-state index is -0.705. The maximum atomic E-state index is 14.1. The van der Waals surface area contributed by atoms with E-state index in [-0.39, 0.29) is 36.7 Å². The molecule has 4 aromatic carbocycles. The first kappa shape index (κ1) is 40.0. The number of urea groups is 1. The molecule has 5 aromatic rings. The van der Waals surface area contributed by atoms with E-state index in [0.29, 0.717) is 37.5 Å². The number of carbonyl (C=O) groups excluding carboxylic acids is 2. The van der Waals surface area contributed by atoms with Gasteiger partial charge >= 0.3 is 6.03 Å². The van der Waals surface area contributed by atoms with E-state index in [2.05, 4.69) is 65.9 Å². The van der Waals surface area contributed by atoms with E-state index in [9.17, 15) is 9.59 Å². The van der Waals surface area contributed by atoms with E-state index in [4.69, 9.17) is 14.2 Å². The summed E-state index contributed by atoms with van der Waals surface area (Å²) in [4.78, 5) is 34.2. The molecule has 3 aliphatic rings. The second-order valence-corrected chi connectivity index (χ2v) is 16.5. The third kappa shape index (κ3) is 9.25. The lowest BCUT2D eigenvalue weighted by atomic mass is 9.86. The summed E-state index contributed by atoms with van der Waals surface area (Å²) < 4.78 is 19.2. The molecule has 59 heavy (non-hydrogen) atoms. The molecule has 0 bridgehead atoms. The van der Waals surface area contributed by atoms with Crippen LogP contribution in [0.2, 0.25) is 0 Å². The lowest BCUT2D eigenvalue weighted by Crippen LogP contribution is -2.55. The summed E-state index contributed by atoms with van der Waals surface area (Å²) in [6.07, 6.45) is 8.81. The molecule has 306 valence electrons. The Morgan fingerprint density at radius 1 is 0.898 bits per heavy atom. The smallest absolute Gasteiger partial charge is 0.318 e. The van der Waals surface area contributed by atoms with Gasteiger partial charge in [-0.05, 0) is 134 Å². The van der Waals surface area contributed by atoms with Crippen molar-refractivity contribution in [3.8, 4) is 28.4 Å². The minimum absolute atomic E-state index is 0.186. The van der Waals surface area contributed by atoms with Crippen molar-refractivity contribution in [2.45, 2.75) is 103 Å². The summed E-state index contributed by atoms with van der Waals surface area (Å²) in [7, 11) is 0. The van der Waals surface area contributed by atoms with E-state index < -0.39 is 6.04 Å². The van der Waals surface area contributed by atoms with Crippen molar-refractivity contribution < 1.29 is 23.8 Å². The average Bonchev–Trinajstić information content (AvgIpc) is 3.27. The quantitative estimate of drug-likeness (QED) is 0.138. The first-order valence-electron chi connectivity index (χ1n) is 21.4. The number of amides is 3. The zero-order valence-electron chi connectivity index (χ0n) is 34.7. The van der Waals surface area contributed by atoms with Crippen LogP contribution in [0.3, 0.4) is 0 Å². The van der Waals surface area contributed by atoms with Crippen LogP contribution < -0.4 is 24.8 Å². The fourth-order valence-corrected chi connectivity index (χ4v) is 8.72. The zero-order valence-corrected chi connectivity index (χ0v) is 34.7. The fraction of sp³-hybridized carbons (Fsp3) is 0.380. The van der Waals surface area contributed by atoms with Crippen LogP contribution in [0.25, 0.3) is 11.1 Å². The fourth-order valence-electron chi connectivity index (χ4n) is 8.72. The van der Waals surface area contributed by atoms with Gasteiger partial charge in [0.25, 0.3) is 0 Å². The van der Waals surface area contributed by atoms with Gasteiger partial charge in [0.2, 0.25) is 5.91 Å². The second-order valence-electron chi connectivity index (χ2n) is 16.5. The van der Waals surface area contributed by atoms with Crippen molar-refractivity contribution >= 4 is 11.9 Å². The third-order valence-corrected chi connectivity index (χ3v) is 12.6. The summed E-state index contributed by atoms with van der Waals surface area (Å²) in [6, 6.07) is 31.3. The van der Waals surface area contributed by atoms with Gasteiger partial charge < -0.3 is 29.7 Å². The summed E-state index contributed by atoms with van der Waals surface area (Å²) in [5.41, 5.74) is 9.52. The van der Waals surface area contributed by atoms with Gasteiger partial charge in [0.15, 0.2) is 17.6 Å². The standard InChI is InChI=1S/C50H56N4O5/c1-5-35-13-19-42(20-14-35)58-43-21-17-39(18-22-43)48-31-57-46-28-40-27-45(49(55)52-25-23-36-11-15-38(16-12-36)44-24-26-51-33(3)32(44)2)54(30-41(40)29-47(46)59-48)50(56)53-34(4)37-9-7-6-8-10-37/h6-12,15-18,21-22,24,26,28-29,34-35,42,45,48H,5,13-14,19-20,23,25,27,30-31H2,1-4H3,(H,52,55)(H,53,56)/t34-,35?,42?,45?,48?/m1/s1. The van der Waals surface area contributed by atoms with E-state index in [1.54, 1.807) is 4.90 Å². The first-order chi connectivity index (χ1) is 28.7. The highest BCUT2D eigenvalue weighted by Crippen LogP contribution is 2.41. The molecule has 2 aliphatic heterocycles. The topological polar surface area (TPSA) is 102 Å². The lowest BCUT2D eigenvalue weighted by molar-refractivity contribution is -0.125. The van der Waals surface area contributed by atoms with E-state index in [1.807, 2.05) is 80.7 Å². The van der Waals surface area contributed by atoms with Crippen LogP contribution >= 0.6 is 0 Å². The largest absolute Gasteiger partial charge is 0.490 e. The maximum Gasteiger partial charge on any atom is 0.318 e. The Kier molecular flexibility index (Phi) is 12.2. The van der Waals surface area contributed by atoms with Crippen LogP contribution in [0.5, 0.6) is 17.2 Å². The van der Waals surface area contributed by atoms with Crippen LogP contribution in [0.1, 0.15) is 97.2 Å². The number of pyridine rings is 1. The van der Waals surface area contributed by atoms with Gasteiger partial charge in [-0.25, -0.2) is 4.79 Å². The van der Waals surface area contributed by atoms with Gasteiger partial charge in [-0.15, -0.1) is 0 Å². The Morgan fingerprint density at radius 2 is 1.64 bits per heavy atom. The number of aryl methyl sites for hydroxylation is 1. The number of ether oxygens (including phenoxy) is 3. The molecule has 3 atom stereocenters. The SMILES string of the molecule is CCC1CCC(Oc2ccc(C3COc4cc5c(cc4O3)CN(C(=O)N[C@H](C)c3ccccc3)C(C(=O)NCCc3ccc(-c4ccnc(C)c4C)cc3)C5)cc2)CC1. The Balaban J connectivity index is 0.944.